The molecule has 2 aromatic heterocycles. The molecular weight excluding hydrogens is 296 g/mol. The van der Waals surface area contributed by atoms with Crippen molar-refractivity contribution in [2.45, 2.75) is 46.2 Å². The SMILES string of the molecule is CC(C)n1nccc1NC(=O)C(=O)Nc1cnn(C(C)(C)C)c1. The number of hydrogen-bond donors (Lipinski definition) is 2. The largest absolute Gasteiger partial charge is 0.315 e. The summed E-state index contributed by atoms with van der Waals surface area (Å²) in [6.07, 6.45) is 4.76. The highest BCUT2D eigenvalue weighted by molar-refractivity contribution is 6.43. The molecule has 0 aliphatic carbocycles. The molecule has 124 valence electrons. The zero-order chi connectivity index (χ0) is 17.2. The van der Waals surface area contributed by atoms with Crippen molar-refractivity contribution in [3.63, 3.8) is 0 Å². The second-order valence-electron chi connectivity index (χ2n) is 6.51. The number of hydrogen-bond acceptors (Lipinski definition) is 4. The molecule has 0 saturated carbocycles. The lowest BCUT2D eigenvalue weighted by Gasteiger charge is -2.18. The quantitative estimate of drug-likeness (QED) is 0.846. The highest BCUT2D eigenvalue weighted by Crippen LogP contribution is 2.16. The molecule has 2 N–H and O–H groups in total. The fraction of sp³-hybridized carbons (Fsp3) is 0.467. The van der Waals surface area contributed by atoms with Gasteiger partial charge in [0.2, 0.25) is 0 Å². The van der Waals surface area contributed by atoms with Gasteiger partial charge in [-0.3, -0.25) is 14.3 Å². The fourth-order valence-corrected chi connectivity index (χ4v) is 1.94. The molecule has 8 nitrogen and oxygen atoms in total. The van der Waals surface area contributed by atoms with Crippen LogP contribution in [0.5, 0.6) is 0 Å². The van der Waals surface area contributed by atoms with Crippen LogP contribution in [0.1, 0.15) is 40.7 Å². The van der Waals surface area contributed by atoms with Crippen molar-refractivity contribution in [2.24, 2.45) is 0 Å². The van der Waals surface area contributed by atoms with Gasteiger partial charge in [-0.2, -0.15) is 10.2 Å². The Bertz CT molecular complexity index is 708. The van der Waals surface area contributed by atoms with E-state index in [1.165, 1.54) is 6.20 Å². The number of amides is 2. The second kappa shape index (κ2) is 6.23. The first kappa shape index (κ1) is 16.7. The highest BCUT2D eigenvalue weighted by atomic mass is 16.2. The first-order valence-corrected chi connectivity index (χ1v) is 7.39. The van der Waals surface area contributed by atoms with Crippen LogP contribution in [0, 0.1) is 0 Å². The molecule has 0 unspecified atom stereocenters. The highest BCUT2D eigenvalue weighted by Gasteiger charge is 2.19. The van der Waals surface area contributed by atoms with E-state index < -0.39 is 11.8 Å². The van der Waals surface area contributed by atoms with E-state index in [4.69, 9.17) is 0 Å². The first-order valence-electron chi connectivity index (χ1n) is 7.39. The molecule has 0 aromatic carbocycles. The monoisotopic (exact) mass is 318 g/mol. The Morgan fingerprint density at radius 3 is 2.35 bits per heavy atom. The minimum absolute atomic E-state index is 0.0772. The summed E-state index contributed by atoms with van der Waals surface area (Å²) in [5.41, 5.74) is 0.270. The summed E-state index contributed by atoms with van der Waals surface area (Å²) in [5.74, 6) is -1.03. The average molecular weight is 318 g/mol. The van der Waals surface area contributed by atoms with Crippen LogP contribution in [0.15, 0.2) is 24.7 Å². The summed E-state index contributed by atoms with van der Waals surface area (Å²) < 4.78 is 3.34. The smallest absolute Gasteiger partial charge is 0.315 e. The Morgan fingerprint density at radius 2 is 1.78 bits per heavy atom. The van der Waals surface area contributed by atoms with Gasteiger partial charge in [-0.25, -0.2) is 4.68 Å². The summed E-state index contributed by atoms with van der Waals surface area (Å²) in [6.45, 7) is 9.84. The summed E-state index contributed by atoms with van der Waals surface area (Å²) in [6, 6.07) is 1.72. The Hall–Kier alpha value is -2.64. The Balaban J connectivity index is 2.02. The van der Waals surface area contributed by atoms with Gasteiger partial charge in [0.25, 0.3) is 0 Å². The molecule has 23 heavy (non-hydrogen) atoms. The maximum Gasteiger partial charge on any atom is 0.315 e. The summed E-state index contributed by atoms with van der Waals surface area (Å²) in [4.78, 5) is 24.0. The number of carbonyl (C=O) groups is 2. The van der Waals surface area contributed by atoms with E-state index in [0.29, 0.717) is 11.5 Å². The van der Waals surface area contributed by atoms with Crippen molar-refractivity contribution < 1.29 is 9.59 Å². The van der Waals surface area contributed by atoms with E-state index in [0.717, 1.165) is 0 Å². The molecule has 0 aliphatic heterocycles. The zero-order valence-electron chi connectivity index (χ0n) is 14.0. The molecule has 0 radical (unpaired) electrons. The van der Waals surface area contributed by atoms with Gasteiger partial charge in [0, 0.05) is 18.3 Å². The van der Waals surface area contributed by atoms with Crippen LogP contribution in [0.4, 0.5) is 11.5 Å². The lowest BCUT2D eigenvalue weighted by atomic mass is 10.1. The molecule has 0 fully saturated rings. The van der Waals surface area contributed by atoms with Crippen molar-refractivity contribution in [1.82, 2.24) is 19.6 Å². The normalized spacial score (nSPS) is 11.6. The number of aromatic nitrogens is 4. The van der Waals surface area contributed by atoms with Gasteiger partial charge in [-0.15, -0.1) is 0 Å². The minimum atomic E-state index is -0.755. The van der Waals surface area contributed by atoms with E-state index in [-0.39, 0.29) is 11.6 Å². The van der Waals surface area contributed by atoms with Gasteiger partial charge in [-0.05, 0) is 34.6 Å². The van der Waals surface area contributed by atoms with E-state index in [1.807, 2.05) is 34.6 Å². The lowest BCUT2D eigenvalue weighted by Crippen LogP contribution is -2.30. The van der Waals surface area contributed by atoms with E-state index in [2.05, 4.69) is 20.8 Å². The minimum Gasteiger partial charge on any atom is -0.315 e. The van der Waals surface area contributed by atoms with Gasteiger partial charge in [0.05, 0.1) is 23.6 Å². The van der Waals surface area contributed by atoms with Gasteiger partial charge >= 0.3 is 11.8 Å². The average Bonchev–Trinajstić information content (AvgIpc) is 3.06. The number of anilines is 2. The molecule has 8 heteroatoms. The summed E-state index contributed by atoms with van der Waals surface area (Å²) in [7, 11) is 0. The van der Waals surface area contributed by atoms with Crippen molar-refractivity contribution in [2.75, 3.05) is 10.6 Å². The van der Waals surface area contributed by atoms with Crippen LogP contribution in [-0.2, 0) is 15.1 Å². The predicted octanol–water partition coefficient (Wildman–Crippen LogP) is 1.99. The van der Waals surface area contributed by atoms with Crippen LogP contribution in [0.3, 0.4) is 0 Å². The van der Waals surface area contributed by atoms with E-state index >= 15 is 0 Å². The van der Waals surface area contributed by atoms with Crippen LogP contribution in [-0.4, -0.2) is 31.4 Å². The summed E-state index contributed by atoms with van der Waals surface area (Å²) >= 11 is 0. The lowest BCUT2D eigenvalue weighted by molar-refractivity contribution is -0.133. The first-order chi connectivity index (χ1) is 10.7. The fourth-order valence-electron chi connectivity index (χ4n) is 1.94. The number of rotatable bonds is 3. The molecule has 0 saturated heterocycles. The third-order valence-corrected chi connectivity index (χ3v) is 3.14. The zero-order valence-corrected chi connectivity index (χ0v) is 14.0. The van der Waals surface area contributed by atoms with Crippen molar-refractivity contribution >= 4 is 23.3 Å². The van der Waals surface area contributed by atoms with Gasteiger partial charge in [0.15, 0.2) is 0 Å². The molecule has 0 atom stereocenters. The van der Waals surface area contributed by atoms with Crippen LogP contribution < -0.4 is 10.6 Å². The molecule has 0 spiro atoms. The predicted molar refractivity (Wildman–Crippen MR) is 87.1 cm³/mol. The van der Waals surface area contributed by atoms with Crippen LogP contribution >= 0.6 is 0 Å². The number of carbonyl (C=O) groups excluding carboxylic acids is 2. The van der Waals surface area contributed by atoms with Crippen LogP contribution in [0.25, 0.3) is 0 Å². The second-order valence-corrected chi connectivity index (χ2v) is 6.51. The van der Waals surface area contributed by atoms with E-state index in [1.54, 1.807) is 27.8 Å². The molecule has 2 amide bonds. The number of nitrogens with one attached hydrogen (secondary N) is 2. The molecule has 0 aliphatic rings. The van der Waals surface area contributed by atoms with E-state index in [9.17, 15) is 9.59 Å². The summed E-state index contributed by atoms with van der Waals surface area (Å²) in [5, 5.41) is 13.4. The Labute approximate surface area is 134 Å². The molecule has 0 bridgehead atoms. The van der Waals surface area contributed by atoms with Crippen LogP contribution in [0.2, 0.25) is 0 Å². The maximum atomic E-state index is 12.0. The molecule has 2 aromatic rings. The molecular formula is C15H22N6O2. The topological polar surface area (TPSA) is 93.8 Å². The van der Waals surface area contributed by atoms with Gasteiger partial charge in [0.1, 0.15) is 5.82 Å². The van der Waals surface area contributed by atoms with Gasteiger partial charge in [-0.1, -0.05) is 0 Å². The maximum absolute atomic E-state index is 12.0. The Morgan fingerprint density at radius 1 is 1.13 bits per heavy atom. The Kier molecular flexibility index (Phi) is 4.53. The van der Waals surface area contributed by atoms with Crippen molar-refractivity contribution in [3.8, 4) is 0 Å². The third-order valence-electron chi connectivity index (χ3n) is 3.14. The standard InChI is InChI=1S/C15H22N6O2/c1-10(2)21-12(6-7-16-21)19-14(23)13(22)18-11-8-17-20(9-11)15(3,4)5/h6-10H,1-5H3,(H,18,22)(H,19,23). The third kappa shape index (κ3) is 3.97. The molecule has 2 rings (SSSR count). The van der Waals surface area contributed by atoms with Crippen molar-refractivity contribution in [3.05, 3.63) is 24.7 Å². The number of nitrogens with zero attached hydrogens (tertiary/aromatic N) is 4. The van der Waals surface area contributed by atoms with Gasteiger partial charge < -0.3 is 10.6 Å². The van der Waals surface area contributed by atoms with Crippen molar-refractivity contribution in [1.29, 1.82) is 0 Å². The molecule has 2 heterocycles.